The summed E-state index contributed by atoms with van der Waals surface area (Å²) in [6, 6.07) is 15.2. The molecule has 3 aromatic rings. The molecule has 3 aromatic carbocycles. The van der Waals surface area contributed by atoms with Crippen molar-refractivity contribution in [2.75, 3.05) is 58.4 Å². The molecule has 2 amide bonds. The predicted molar refractivity (Wildman–Crippen MR) is 188 cm³/mol. The van der Waals surface area contributed by atoms with Gasteiger partial charge in [0.1, 0.15) is 22.4 Å². The number of anilines is 1. The molecule has 2 aliphatic rings. The number of carboxylic acids is 1. The largest absolute Gasteiger partial charge is 0.495 e. The van der Waals surface area contributed by atoms with Crippen LogP contribution < -0.4 is 14.8 Å². The Morgan fingerprint density at radius 1 is 1.04 bits per heavy atom. The number of carbonyl (C=O) groups excluding carboxylic acids is 2. The van der Waals surface area contributed by atoms with E-state index >= 15 is 0 Å². The Balaban J connectivity index is 1.28. The second-order valence-electron chi connectivity index (χ2n) is 10.5. The minimum absolute atomic E-state index is 0.0271. The average molecular weight is 717 g/mol. The summed E-state index contributed by atoms with van der Waals surface area (Å²) in [6.07, 6.45) is 1.72. The molecule has 0 spiro atoms. The van der Waals surface area contributed by atoms with Crippen LogP contribution in [0.1, 0.15) is 22.3 Å². The summed E-state index contributed by atoms with van der Waals surface area (Å²) in [4.78, 5) is 41.4. The molecule has 10 nitrogen and oxygen atoms in total. The van der Waals surface area contributed by atoms with Crippen LogP contribution in [0.15, 0.2) is 59.5 Å². The summed E-state index contributed by atoms with van der Waals surface area (Å²) in [5, 5.41) is 12.8. The SMILES string of the molecule is COc1cc(C(=O)O)ccc1NC(=O)CCN1C(=O)/C(=C/c2ccc(OCCN3CCOCC3)c(-c3ccc(Cl)c(Cl)c3)c2)SC1=S. The van der Waals surface area contributed by atoms with Crippen LogP contribution in [0.2, 0.25) is 10.0 Å². The summed E-state index contributed by atoms with van der Waals surface area (Å²) >= 11 is 19.2. The van der Waals surface area contributed by atoms with Gasteiger partial charge in [-0.2, -0.15) is 0 Å². The van der Waals surface area contributed by atoms with Gasteiger partial charge in [-0.15, -0.1) is 0 Å². The van der Waals surface area contributed by atoms with E-state index in [1.165, 1.54) is 30.2 Å². The lowest BCUT2D eigenvalue weighted by molar-refractivity contribution is -0.122. The zero-order chi connectivity index (χ0) is 33.5. The summed E-state index contributed by atoms with van der Waals surface area (Å²) in [7, 11) is 1.38. The molecule has 2 N–H and O–H groups in total. The summed E-state index contributed by atoms with van der Waals surface area (Å²) in [5.41, 5.74) is 2.70. The standard InChI is InChI=1S/C33H31Cl2N3O7S2/c1-43-28-19-22(32(41)42)4-6-26(28)36-30(39)8-9-38-31(40)29(47-33(38)46)17-20-2-7-27(45-15-12-37-10-13-44-14-11-37)23(16-20)21-3-5-24(34)25(35)18-21/h2-7,16-19H,8-15H2,1H3,(H,36,39)(H,41,42)/b29-17-. The van der Waals surface area contributed by atoms with E-state index in [1.54, 1.807) is 18.2 Å². The summed E-state index contributed by atoms with van der Waals surface area (Å²) in [6.45, 7) is 4.46. The van der Waals surface area contributed by atoms with Crippen LogP contribution in [0.25, 0.3) is 17.2 Å². The lowest BCUT2D eigenvalue weighted by atomic mass is 10.0. The van der Waals surface area contributed by atoms with Crippen LogP contribution in [0.4, 0.5) is 5.69 Å². The fourth-order valence-corrected chi connectivity index (χ4v) is 6.57. The third kappa shape index (κ3) is 8.83. The van der Waals surface area contributed by atoms with Crippen molar-refractivity contribution in [3.05, 3.63) is 80.7 Å². The molecule has 0 aliphatic carbocycles. The number of morpholine rings is 1. The van der Waals surface area contributed by atoms with E-state index in [4.69, 9.17) is 49.6 Å². The van der Waals surface area contributed by atoms with Gasteiger partial charge in [0, 0.05) is 38.2 Å². The number of carboxylic acid groups (broad SMARTS) is 1. The molecule has 0 atom stereocenters. The van der Waals surface area contributed by atoms with E-state index in [2.05, 4.69) is 10.2 Å². The highest BCUT2D eigenvalue weighted by Crippen LogP contribution is 2.37. The lowest BCUT2D eigenvalue weighted by Crippen LogP contribution is -2.38. The van der Waals surface area contributed by atoms with E-state index in [1.807, 2.05) is 24.3 Å². The van der Waals surface area contributed by atoms with Gasteiger partial charge in [-0.3, -0.25) is 19.4 Å². The number of carbonyl (C=O) groups is 3. The van der Waals surface area contributed by atoms with Crippen molar-refractivity contribution in [1.82, 2.24) is 9.80 Å². The molecule has 14 heteroatoms. The first-order chi connectivity index (χ1) is 22.6. The van der Waals surface area contributed by atoms with Gasteiger partial charge in [0.15, 0.2) is 0 Å². The molecule has 0 aromatic heterocycles. The maximum atomic E-state index is 13.4. The molecule has 0 bridgehead atoms. The molecule has 0 saturated carbocycles. The number of halogens is 2. The Kier molecular flexibility index (Phi) is 11.8. The monoisotopic (exact) mass is 715 g/mol. The molecule has 2 aliphatic heterocycles. The Bertz CT molecular complexity index is 1730. The second-order valence-corrected chi connectivity index (χ2v) is 13.0. The Hall–Kier alpha value is -3.65. The molecule has 2 saturated heterocycles. The van der Waals surface area contributed by atoms with Crippen molar-refractivity contribution in [2.45, 2.75) is 6.42 Å². The van der Waals surface area contributed by atoms with Crippen molar-refractivity contribution in [3.63, 3.8) is 0 Å². The van der Waals surface area contributed by atoms with Crippen LogP contribution in [-0.2, 0) is 14.3 Å². The smallest absolute Gasteiger partial charge is 0.335 e. The molecule has 2 fully saturated rings. The number of nitrogens with zero attached hydrogens (tertiary/aromatic N) is 2. The van der Waals surface area contributed by atoms with Gasteiger partial charge in [0.25, 0.3) is 5.91 Å². The maximum absolute atomic E-state index is 13.4. The summed E-state index contributed by atoms with van der Waals surface area (Å²) < 4.78 is 17.2. The Morgan fingerprint density at radius 2 is 1.83 bits per heavy atom. The van der Waals surface area contributed by atoms with Gasteiger partial charge in [-0.05, 0) is 59.7 Å². The molecule has 0 radical (unpaired) electrons. The van der Waals surface area contributed by atoms with Gasteiger partial charge in [-0.1, -0.05) is 59.3 Å². The van der Waals surface area contributed by atoms with Gasteiger partial charge < -0.3 is 24.6 Å². The normalized spacial score (nSPS) is 16.1. The highest BCUT2D eigenvalue weighted by Gasteiger charge is 2.32. The zero-order valence-corrected chi connectivity index (χ0v) is 28.4. The number of thioether (sulfide) groups is 1. The third-order valence-electron chi connectivity index (χ3n) is 7.46. The number of nitrogens with one attached hydrogen (secondary N) is 1. The minimum atomic E-state index is -1.11. The minimum Gasteiger partial charge on any atom is -0.495 e. The van der Waals surface area contributed by atoms with Crippen LogP contribution in [-0.4, -0.2) is 90.1 Å². The van der Waals surface area contributed by atoms with Crippen molar-refractivity contribution in [1.29, 1.82) is 0 Å². The molecular weight excluding hydrogens is 685 g/mol. The molecular formula is C33H31Cl2N3O7S2. The van der Waals surface area contributed by atoms with Crippen LogP contribution in [0.3, 0.4) is 0 Å². The van der Waals surface area contributed by atoms with Crippen molar-refractivity contribution in [2.24, 2.45) is 0 Å². The van der Waals surface area contributed by atoms with Gasteiger partial charge in [-0.25, -0.2) is 4.79 Å². The first kappa shape index (κ1) is 34.7. The fraction of sp³-hybridized carbons (Fsp3) is 0.273. The molecule has 2 heterocycles. The number of amides is 2. The molecule has 0 unspecified atom stereocenters. The topological polar surface area (TPSA) is 118 Å². The Morgan fingerprint density at radius 3 is 2.55 bits per heavy atom. The maximum Gasteiger partial charge on any atom is 0.335 e. The quantitative estimate of drug-likeness (QED) is 0.163. The van der Waals surface area contributed by atoms with E-state index in [0.29, 0.717) is 50.5 Å². The number of rotatable bonds is 12. The molecule has 246 valence electrons. The lowest BCUT2D eigenvalue weighted by Gasteiger charge is -2.26. The van der Waals surface area contributed by atoms with E-state index in [0.717, 1.165) is 48.1 Å². The van der Waals surface area contributed by atoms with Crippen molar-refractivity contribution < 1.29 is 33.7 Å². The molecule has 5 rings (SSSR count). The van der Waals surface area contributed by atoms with E-state index < -0.39 is 5.97 Å². The number of ether oxygens (including phenoxy) is 3. The first-order valence-electron chi connectivity index (χ1n) is 14.6. The number of benzene rings is 3. The van der Waals surface area contributed by atoms with E-state index in [-0.39, 0.29) is 36.1 Å². The highest BCUT2D eigenvalue weighted by atomic mass is 35.5. The highest BCUT2D eigenvalue weighted by molar-refractivity contribution is 8.26. The summed E-state index contributed by atoms with van der Waals surface area (Å²) in [5.74, 6) is -0.932. The molecule has 47 heavy (non-hydrogen) atoms. The zero-order valence-electron chi connectivity index (χ0n) is 25.3. The average Bonchev–Trinajstić information content (AvgIpc) is 3.33. The number of aromatic carboxylic acids is 1. The van der Waals surface area contributed by atoms with Gasteiger partial charge in [0.2, 0.25) is 5.91 Å². The van der Waals surface area contributed by atoms with Crippen LogP contribution in [0, 0.1) is 0 Å². The first-order valence-corrected chi connectivity index (χ1v) is 16.6. The number of thiocarbonyl (C=S) groups is 1. The third-order valence-corrected chi connectivity index (χ3v) is 9.58. The van der Waals surface area contributed by atoms with Crippen molar-refractivity contribution >= 4 is 81.0 Å². The van der Waals surface area contributed by atoms with Gasteiger partial charge >= 0.3 is 5.97 Å². The van der Waals surface area contributed by atoms with Crippen molar-refractivity contribution in [3.8, 4) is 22.6 Å². The van der Waals surface area contributed by atoms with Crippen LogP contribution in [0.5, 0.6) is 11.5 Å². The Labute approximate surface area is 291 Å². The number of methoxy groups -OCH3 is 1. The van der Waals surface area contributed by atoms with E-state index in [9.17, 15) is 19.5 Å². The van der Waals surface area contributed by atoms with Gasteiger partial charge in [0.05, 0.1) is 46.5 Å². The van der Waals surface area contributed by atoms with Crippen LogP contribution >= 0.6 is 47.2 Å². The predicted octanol–water partition coefficient (Wildman–Crippen LogP) is 6.31. The second kappa shape index (κ2) is 16.0. The fourth-order valence-electron chi connectivity index (χ4n) is 4.96. The number of hydrogen-bond donors (Lipinski definition) is 2. The number of hydrogen-bond acceptors (Lipinski definition) is 9.